The number of carbonyl (C=O) groups excluding carboxylic acids is 2. The highest BCUT2D eigenvalue weighted by Crippen LogP contribution is 2.00. The smallest absolute Gasteiger partial charge is 0.408 e. The molecule has 1 aromatic rings. The average Bonchev–Trinajstić information content (AvgIpc) is 2.34. The molecule has 0 fully saturated rings. The molecule has 0 radical (unpaired) electrons. The molecule has 17 heavy (non-hydrogen) atoms. The Labute approximate surface area is 98.4 Å². The molecule has 0 aromatic heterocycles. The van der Waals surface area contributed by atoms with Gasteiger partial charge < -0.3 is 20.9 Å². The summed E-state index contributed by atoms with van der Waals surface area (Å²) in [7, 11) is 0. The Morgan fingerprint density at radius 3 is 2.53 bits per heavy atom. The van der Waals surface area contributed by atoms with E-state index < -0.39 is 24.6 Å². The van der Waals surface area contributed by atoms with Gasteiger partial charge in [-0.2, -0.15) is 0 Å². The minimum Gasteiger partial charge on any atom is -0.445 e. The largest absolute Gasteiger partial charge is 0.445 e. The molecule has 6 heteroatoms. The number of nitrogens with one attached hydrogen (secondary N) is 1. The van der Waals surface area contributed by atoms with Gasteiger partial charge in [0.1, 0.15) is 12.6 Å². The normalized spacial score (nSPS) is 11.6. The number of amides is 2. The van der Waals surface area contributed by atoms with Crippen LogP contribution in [0.5, 0.6) is 0 Å². The Bertz CT molecular complexity index is 380. The fourth-order valence-electron chi connectivity index (χ4n) is 1.11. The lowest BCUT2D eigenvalue weighted by Crippen LogP contribution is -2.46. The quantitative estimate of drug-likeness (QED) is 0.658. The number of benzene rings is 1. The molecule has 0 aliphatic rings. The molecule has 0 bridgehead atoms. The van der Waals surface area contributed by atoms with Gasteiger partial charge in [-0.3, -0.25) is 4.79 Å². The van der Waals surface area contributed by atoms with Crippen LogP contribution in [-0.4, -0.2) is 29.8 Å². The summed E-state index contributed by atoms with van der Waals surface area (Å²) >= 11 is 0. The van der Waals surface area contributed by atoms with Gasteiger partial charge in [-0.1, -0.05) is 30.3 Å². The van der Waals surface area contributed by atoms with Crippen molar-refractivity contribution in [2.24, 2.45) is 5.73 Å². The van der Waals surface area contributed by atoms with Crippen LogP contribution >= 0.6 is 0 Å². The van der Waals surface area contributed by atoms with Crippen molar-refractivity contribution in [1.29, 1.82) is 0 Å². The minimum absolute atomic E-state index is 0.0869. The molecule has 0 spiro atoms. The first-order chi connectivity index (χ1) is 8.13. The molecule has 92 valence electrons. The van der Waals surface area contributed by atoms with Crippen LogP contribution in [0.2, 0.25) is 0 Å². The predicted molar refractivity (Wildman–Crippen MR) is 59.8 cm³/mol. The number of rotatable bonds is 5. The molecule has 2 amide bonds. The third-order valence-electron chi connectivity index (χ3n) is 2.03. The summed E-state index contributed by atoms with van der Waals surface area (Å²) in [5.41, 5.74) is 5.76. The first-order valence-corrected chi connectivity index (χ1v) is 5.01. The minimum atomic E-state index is -1.13. The Morgan fingerprint density at radius 2 is 2.00 bits per heavy atom. The van der Waals surface area contributed by atoms with E-state index in [-0.39, 0.29) is 6.61 Å². The van der Waals surface area contributed by atoms with Crippen molar-refractivity contribution in [1.82, 2.24) is 5.32 Å². The number of alkyl carbamates (subject to hydrolysis) is 1. The van der Waals surface area contributed by atoms with Gasteiger partial charge >= 0.3 is 6.09 Å². The lowest BCUT2D eigenvalue weighted by atomic mass is 10.2. The summed E-state index contributed by atoms with van der Waals surface area (Å²) in [6, 6.07) is 7.94. The molecule has 1 aromatic carbocycles. The number of carbonyl (C=O) groups is 2. The van der Waals surface area contributed by atoms with Crippen molar-refractivity contribution in [3.05, 3.63) is 35.9 Å². The van der Waals surface area contributed by atoms with E-state index >= 15 is 0 Å². The van der Waals surface area contributed by atoms with Crippen LogP contribution in [0, 0.1) is 0 Å². The third-order valence-corrected chi connectivity index (χ3v) is 2.03. The fourth-order valence-corrected chi connectivity index (χ4v) is 1.11. The maximum absolute atomic E-state index is 11.2. The maximum Gasteiger partial charge on any atom is 0.408 e. The van der Waals surface area contributed by atoms with Gasteiger partial charge in [0.05, 0.1) is 6.61 Å². The summed E-state index contributed by atoms with van der Waals surface area (Å²) in [5, 5.41) is 10.9. The van der Waals surface area contributed by atoms with Crippen LogP contribution in [-0.2, 0) is 16.1 Å². The zero-order valence-corrected chi connectivity index (χ0v) is 9.13. The summed E-state index contributed by atoms with van der Waals surface area (Å²) in [5.74, 6) is -0.816. The van der Waals surface area contributed by atoms with Gasteiger partial charge in [0, 0.05) is 0 Å². The lowest BCUT2D eigenvalue weighted by Gasteiger charge is -2.12. The summed E-state index contributed by atoms with van der Waals surface area (Å²) in [6.45, 7) is -0.473. The number of ether oxygens (including phenoxy) is 1. The van der Waals surface area contributed by atoms with Crippen LogP contribution in [0.1, 0.15) is 5.56 Å². The van der Waals surface area contributed by atoms with Crippen LogP contribution in [0.15, 0.2) is 30.3 Å². The number of hydrogen-bond acceptors (Lipinski definition) is 4. The molecule has 1 atom stereocenters. The van der Waals surface area contributed by atoms with E-state index in [0.29, 0.717) is 0 Å². The standard InChI is InChI=1S/C11H14N2O4/c12-10(15)9(6-14)13-11(16)17-7-8-4-2-1-3-5-8/h1-5,9,14H,6-7H2,(H2,12,15)(H,13,16)/t9-/m0/s1. The summed E-state index contributed by atoms with van der Waals surface area (Å²) in [4.78, 5) is 22.0. The van der Waals surface area contributed by atoms with Crippen LogP contribution < -0.4 is 11.1 Å². The Kier molecular flexibility index (Phi) is 4.96. The van der Waals surface area contributed by atoms with Gasteiger partial charge in [0.2, 0.25) is 5.91 Å². The van der Waals surface area contributed by atoms with Crippen molar-refractivity contribution < 1.29 is 19.4 Å². The molecule has 1 rings (SSSR count). The van der Waals surface area contributed by atoms with E-state index in [2.05, 4.69) is 5.32 Å². The zero-order chi connectivity index (χ0) is 12.7. The molecule has 0 aliphatic heterocycles. The molecule has 4 N–H and O–H groups in total. The van der Waals surface area contributed by atoms with E-state index in [1.54, 1.807) is 12.1 Å². The summed E-state index contributed by atoms with van der Waals surface area (Å²) < 4.78 is 4.84. The molecule has 0 unspecified atom stereocenters. The Hall–Kier alpha value is -2.08. The SMILES string of the molecule is NC(=O)[C@H](CO)NC(=O)OCc1ccccc1. The second-order valence-electron chi connectivity index (χ2n) is 3.34. The van der Waals surface area contributed by atoms with Gasteiger partial charge in [0.15, 0.2) is 0 Å². The molecular weight excluding hydrogens is 224 g/mol. The maximum atomic E-state index is 11.2. The van der Waals surface area contributed by atoms with Crippen molar-refractivity contribution in [2.75, 3.05) is 6.61 Å². The highest BCUT2D eigenvalue weighted by molar-refractivity contribution is 5.84. The molecule has 0 saturated carbocycles. The highest BCUT2D eigenvalue weighted by Gasteiger charge is 2.17. The highest BCUT2D eigenvalue weighted by atomic mass is 16.5. The first-order valence-electron chi connectivity index (χ1n) is 5.01. The predicted octanol–water partition coefficient (Wildman–Crippen LogP) is -0.241. The fraction of sp³-hybridized carbons (Fsp3) is 0.273. The number of nitrogens with two attached hydrogens (primary N) is 1. The molecule has 6 nitrogen and oxygen atoms in total. The molecular formula is C11H14N2O4. The monoisotopic (exact) mass is 238 g/mol. The number of aliphatic hydroxyl groups is 1. The van der Waals surface area contributed by atoms with Crippen molar-refractivity contribution >= 4 is 12.0 Å². The van der Waals surface area contributed by atoms with Crippen molar-refractivity contribution in [2.45, 2.75) is 12.6 Å². The number of primary amides is 1. The molecule has 0 heterocycles. The van der Waals surface area contributed by atoms with E-state index in [1.165, 1.54) is 0 Å². The number of aliphatic hydroxyl groups excluding tert-OH is 1. The topological polar surface area (TPSA) is 102 Å². The van der Waals surface area contributed by atoms with Crippen LogP contribution in [0.4, 0.5) is 4.79 Å². The van der Waals surface area contributed by atoms with E-state index in [0.717, 1.165) is 5.56 Å². The van der Waals surface area contributed by atoms with Crippen molar-refractivity contribution in [3.63, 3.8) is 0 Å². The van der Waals surface area contributed by atoms with Crippen molar-refractivity contribution in [3.8, 4) is 0 Å². The van der Waals surface area contributed by atoms with Crippen LogP contribution in [0.3, 0.4) is 0 Å². The average molecular weight is 238 g/mol. The Balaban J connectivity index is 2.37. The number of hydrogen-bond donors (Lipinski definition) is 3. The van der Waals surface area contributed by atoms with Crippen LogP contribution in [0.25, 0.3) is 0 Å². The van der Waals surface area contributed by atoms with E-state index in [9.17, 15) is 9.59 Å². The summed E-state index contributed by atoms with van der Waals surface area (Å²) in [6.07, 6.45) is -0.799. The third kappa shape index (κ3) is 4.52. The van der Waals surface area contributed by atoms with Gasteiger partial charge in [-0.05, 0) is 5.56 Å². The van der Waals surface area contributed by atoms with Gasteiger partial charge in [-0.15, -0.1) is 0 Å². The van der Waals surface area contributed by atoms with E-state index in [1.807, 2.05) is 18.2 Å². The molecule has 0 saturated heterocycles. The second-order valence-corrected chi connectivity index (χ2v) is 3.34. The van der Waals surface area contributed by atoms with Gasteiger partial charge in [-0.25, -0.2) is 4.79 Å². The Morgan fingerprint density at radius 1 is 1.35 bits per heavy atom. The zero-order valence-electron chi connectivity index (χ0n) is 9.13. The first kappa shape index (κ1) is 13.0. The molecule has 0 aliphatic carbocycles. The van der Waals surface area contributed by atoms with E-state index in [4.69, 9.17) is 15.6 Å². The van der Waals surface area contributed by atoms with Gasteiger partial charge in [0.25, 0.3) is 0 Å². The second kappa shape index (κ2) is 6.49. The lowest BCUT2D eigenvalue weighted by molar-refractivity contribution is -0.120.